The summed E-state index contributed by atoms with van der Waals surface area (Å²) in [6.45, 7) is 0. The number of hydrogen-bond donors (Lipinski definition) is 0. The van der Waals surface area contributed by atoms with Gasteiger partial charge in [0.2, 0.25) is 0 Å². The van der Waals surface area contributed by atoms with Crippen LogP contribution >= 0.6 is 11.6 Å². The number of nitrogens with zero attached hydrogens (tertiary/aromatic N) is 1. The average Bonchev–Trinajstić information content (AvgIpc) is 2.39. The third-order valence-corrected chi connectivity index (χ3v) is 4.08. The molecule has 0 amide bonds. The van der Waals surface area contributed by atoms with Crippen LogP contribution in [0.5, 0.6) is 0 Å². The fourth-order valence-electron chi connectivity index (χ4n) is 2.82. The Morgan fingerprint density at radius 3 is 2.47 bits per heavy atom. The highest BCUT2D eigenvalue weighted by Crippen LogP contribution is 2.37. The summed E-state index contributed by atoms with van der Waals surface area (Å²) >= 11 is 5.92. The van der Waals surface area contributed by atoms with Crippen molar-refractivity contribution in [1.82, 2.24) is 0 Å². The SMILES string of the molecule is CN(C)c1cc(CCl)ccc1C1CCCCC1. The quantitative estimate of drug-likeness (QED) is 0.713. The van der Waals surface area contributed by atoms with Gasteiger partial charge < -0.3 is 4.90 Å². The van der Waals surface area contributed by atoms with Gasteiger partial charge >= 0.3 is 0 Å². The first-order chi connectivity index (χ1) is 8.22. The van der Waals surface area contributed by atoms with Gasteiger partial charge in [-0.25, -0.2) is 0 Å². The summed E-state index contributed by atoms with van der Waals surface area (Å²) in [4.78, 5) is 2.22. The Morgan fingerprint density at radius 1 is 1.18 bits per heavy atom. The van der Waals surface area contributed by atoms with Gasteiger partial charge in [-0.15, -0.1) is 11.6 Å². The molecular weight excluding hydrogens is 230 g/mol. The predicted octanol–water partition coefficient (Wildman–Crippen LogP) is 4.54. The third kappa shape index (κ3) is 2.95. The van der Waals surface area contributed by atoms with E-state index in [9.17, 15) is 0 Å². The van der Waals surface area contributed by atoms with Gasteiger partial charge in [0.15, 0.2) is 0 Å². The van der Waals surface area contributed by atoms with E-state index in [1.54, 1.807) is 0 Å². The lowest BCUT2D eigenvalue weighted by Gasteiger charge is -2.27. The highest BCUT2D eigenvalue weighted by atomic mass is 35.5. The fourth-order valence-corrected chi connectivity index (χ4v) is 2.98. The normalized spacial score (nSPS) is 17.1. The van der Waals surface area contributed by atoms with Gasteiger partial charge in [-0.2, -0.15) is 0 Å². The molecule has 0 heterocycles. The van der Waals surface area contributed by atoms with Crippen LogP contribution in [0.1, 0.15) is 49.1 Å². The van der Waals surface area contributed by atoms with E-state index in [1.807, 2.05) is 0 Å². The molecule has 1 nitrogen and oxygen atoms in total. The molecule has 1 aliphatic rings. The van der Waals surface area contributed by atoms with Crippen molar-refractivity contribution in [3.63, 3.8) is 0 Å². The minimum Gasteiger partial charge on any atom is -0.377 e. The highest BCUT2D eigenvalue weighted by molar-refractivity contribution is 6.17. The summed E-state index contributed by atoms with van der Waals surface area (Å²) < 4.78 is 0. The van der Waals surface area contributed by atoms with Crippen molar-refractivity contribution in [3.8, 4) is 0 Å². The molecule has 0 radical (unpaired) electrons. The number of anilines is 1. The maximum Gasteiger partial charge on any atom is 0.0474 e. The van der Waals surface area contributed by atoms with Crippen molar-refractivity contribution in [2.45, 2.75) is 43.9 Å². The van der Waals surface area contributed by atoms with Crippen LogP contribution in [0.2, 0.25) is 0 Å². The topological polar surface area (TPSA) is 3.24 Å². The summed E-state index contributed by atoms with van der Waals surface area (Å²) in [7, 11) is 4.25. The molecule has 94 valence electrons. The molecule has 1 saturated carbocycles. The van der Waals surface area contributed by atoms with Crippen molar-refractivity contribution < 1.29 is 0 Å². The van der Waals surface area contributed by atoms with E-state index in [0.29, 0.717) is 5.88 Å². The zero-order valence-corrected chi connectivity index (χ0v) is 11.6. The molecule has 2 rings (SSSR count). The van der Waals surface area contributed by atoms with E-state index in [0.717, 1.165) is 5.92 Å². The van der Waals surface area contributed by atoms with Gasteiger partial charge in [0, 0.05) is 25.7 Å². The largest absolute Gasteiger partial charge is 0.377 e. The minimum absolute atomic E-state index is 0.603. The molecule has 1 fully saturated rings. The Bertz CT molecular complexity index is 367. The Labute approximate surface area is 110 Å². The molecule has 0 atom stereocenters. The summed E-state index contributed by atoms with van der Waals surface area (Å²) in [5.74, 6) is 1.36. The molecule has 0 saturated heterocycles. The van der Waals surface area contributed by atoms with Crippen molar-refractivity contribution in [3.05, 3.63) is 29.3 Å². The molecule has 17 heavy (non-hydrogen) atoms. The van der Waals surface area contributed by atoms with Crippen LogP contribution in [0, 0.1) is 0 Å². The first-order valence-electron chi connectivity index (χ1n) is 6.58. The number of benzene rings is 1. The van der Waals surface area contributed by atoms with Gasteiger partial charge in [-0.3, -0.25) is 0 Å². The first-order valence-corrected chi connectivity index (χ1v) is 7.12. The van der Waals surface area contributed by atoms with E-state index in [4.69, 9.17) is 11.6 Å². The van der Waals surface area contributed by atoms with Crippen molar-refractivity contribution in [1.29, 1.82) is 0 Å². The molecule has 0 bridgehead atoms. The number of rotatable bonds is 3. The molecule has 0 spiro atoms. The van der Waals surface area contributed by atoms with Crippen LogP contribution in [0.4, 0.5) is 5.69 Å². The van der Waals surface area contributed by atoms with Gasteiger partial charge in [0.25, 0.3) is 0 Å². The van der Waals surface area contributed by atoms with Crippen LogP contribution < -0.4 is 4.90 Å². The highest BCUT2D eigenvalue weighted by Gasteiger charge is 2.19. The zero-order valence-electron chi connectivity index (χ0n) is 10.9. The predicted molar refractivity (Wildman–Crippen MR) is 76.2 cm³/mol. The molecule has 1 aromatic rings. The van der Waals surface area contributed by atoms with Gasteiger partial charge in [0.05, 0.1) is 0 Å². The monoisotopic (exact) mass is 251 g/mol. The lowest BCUT2D eigenvalue weighted by Crippen LogP contribution is -2.15. The van der Waals surface area contributed by atoms with Crippen LogP contribution in [0.25, 0.3) is 0 Å². The zero-order chi connectivity index (χ0) is 12.3. The second kappa shape index (κ2) is 5.77. The van der Waals surface area contributed by atoms with E-state index >= 15 is 0 Å². The molecule has 2 heteroatoms. The molecule has 0 aromatic heterocycles. The van der Waals surface area contributed by atoms with Gasteiger partial charge in [-0.1, -0.05) is 31.4 Å². The molecule has 1 aromatic carbocycles. The molecule has 0 N–H and O–H groups in total. The molecule has 1 aliphatic carbocycles. The Kier molecular flexibility index (Phi) is 4.33. The summed E-state index contributed by atoms with van der Waals surface area (Å²) in [5, 5.41) is 0. The second-order valence-corrected chi connectivity index (χ2v) is 5.52. The van der Waals surface area contributed by atoms with Gasteiger partial charge in [-0.05, 0) is 36.0 Å². The molecular formula is C15H22ClN. The van der Waals surface area contributed by atoms with Gasteiger partial charge in [0.1, 0.15) is 0 Å². The standard InChI is InChI=1S/C15H22ClN/c1-17(2)15-10-12(11-16)8-9-14(15)13-6-4-3-5-7-13/h8-10,13H,3-7,11H2,1-2H3. The van der Waals surface area contributed by atoms with Crippen LogP contribution in [0.3, 0.4) is 0 Å². The lowest BCUT2D eigenvalue weighted by molar-refractivity contribution is 0.444. The first kappa shape index (κ1) is 12.8. The maximum absolute atomic E-state index is 5.92. The fraction of sp³-hybridized carbons (Fsp3) is 0.600. The summed E-state index contributed by atoms with van der Waals surface area (Å²) in [6.07, 6.45) is 6.87. The minimum atomic E-state index is 0.603. The van der Waals surface area contributed by atoms with Crippen molar-refractivity contribution in [2.75, 3.05) is 19.0 Å². The Balaban J connectivity index is 2.31. The summed E-state index contributed by atoms with van der Waals surface area (Å²) in [5.41, 5.74) is 4.09. The van der Waals surface area contributed by atoms with Crippen LogP contribution in [-0.4, -0.2) is 14.1 Å². The van der Waals surface area contributed by atoms with E-state index < -0.39 is 0 Å². The Hall–Kier alpha value is -0.690. The number of hydrogen-bond acceptors (Lipinski definition) is 1. The average molecular weight is 252 g/mol. The smallest absolute Gasteiger partial charge is 0.0474 e. The Morgan fingerprint density at radius 2 is 1.88 bits per heavy atom. The number of alkyl halides is 1. The van der Waals surface area contributed by atoms with Crippen molar-refractivity contribution in [2.24, 2.45) is 0 Å². The maximum atomic E-state index is 5.92. The number of halogens is 1. The van der Waals surface area contributed by atoms with Crippen LogP contribution in [-0.2, 0) is 5.88 Å². The van der Waals surface area contributed by atoms with E-state index in [1.165, 1.54) is 48.9 Å². The van der Waals surface area contributed by atoms with E-state index in [-0.39, 0.29) is 0 Å². The van der Waals surface area contributed by atoms with Crippen molar-refractivity contribution >= 4 is 17.3 Å². The second-order valence-electron chi connectivity index (χ2n) is 5.26. The third-order valence-electron chi connectivity index (χ3n) is 3.78. The molecule has 0 unspecified atom stereocenters. The van der Waals surface area contributed by atoms with Crippen LogP contribution in [0.15, 0.2) is 18.2 Å². The van der Waals surface area contributed by atoms with E-state index in [2.05, 4.69) is 37.2 Å². The lowest BCUT2D eigenvalue weighted by atomic mass is 9.83. The molecule has 0 aliphatic heterocycles. The summed E-state index contributed by atoms with van der Waals surface area (Å²) in [6, 6.07) is 6.73.